The highest BCUT2D eigenvalue weighted by atomic mass is 32.2. The van der Waals surface area contributed by atoms with Crippen LogP contribution in [0, 0.1) is 0 Å². The van der Waals surface area contributed by atoms with Crippen LogP contribution in [0.25, 0.3) is 0 Å². The predicted octanol–water partition coefficient (Wildman–Crippen LogP) is 1.41. The van der Waals surface area contributed by atoms with Crippen molar-refractivity contribution in [2.45, 2.75) is 6.54 Å². The number of rotatable bonds is 4. The summed E-state index contributed by atoms with van der Waals surface area (Å²) >= 11 is 3.64. The van der Waals surface area contributed by atoms with E-state index < -0.39 is 0 Å². The third-order valence-electron chi connectivity index (χ3n) is 2.51. The number of nitrogens with zero attached hydrogens (tertiary/aromatic N) is 1. The first-order chi connectivity index (χ1) is 7.84. The first-order valence-corrected chi connectivity index (χ1v) is 7.47. The van der Waals surface area contributed by atoms with Gasteiger partial charge in [-0.2, -0.15) is 11.8 Å². The van der Waals surface area contributed by atoms with E-state index >= 15 is 0 Å². The summed E-state index contributed by atoms with van der Waals surface area (Å²) in [4.78, 5) is 15.1. The van der Waals surface area contributed by atoms with E-state index in [1.165, 1.54) is 4.88 Å². The molecule has 0 spiro atoms. The molecule has 0 radical (unpaired) electrons. The third kappa shape index (κ3) is 3.81. The number of thiophene rings is 1. The van der Waals surface area contributed by atoms with Crippen LogP contribution in [0.3, 0.4) is 0 Å². The SMILES string of the molecule is O=C(CN1CCSCC1)NCc1cccs1. The van der Waals surface area contributed by atoms with Gasteiger partial charge in [-0.3, -0.25) is 9.69 Å². The summed E-state index contributed by atoms with van der Waals surface area (Å²) in [5.41, 5.74) is 0. The highest BCUT2D eigenvalue weighted by molar-refractivity contribution is 7.99. The van der Waals surface area contributed by atoms with Crippen LogP contribution in [0.4, 0.5) is 0 Å². The molecule has 3 nitrogen and oxygen atoms in total. The maximum atomic E-state index is 11.7. The molecule has 0 bridgehead atoms. The molecule has 1 aromatic rings. The normalized spacial score (nSPS) is 17.2. The molecule has 1 aromatic heterocycles. The standard InChI is InChI=1S/C11H16N2OS2/c14-11(9-13-3-6-15-7-4-13)12-8-10-2-1-5-16-10/h1-2,5H,3-4,6-9H2,(H,12,14). The van der Waals surface area contributed by atoms with Crippen molar-refractivity contribution >= 4 is 29.0 Å². The van der Waals surface area contributed by atoms with E-state index in [-0.39, 0.29) is 5.91 Å². The Hall–Kier alpha value is -0.520. The molecule has 16 heavy (non-hydrogen) atoms. The molecule has 1 aliphatic rings. The van der Waals surface area contributed by atoms with Crippen molar-refractivity contribution in [1.82, 2.24) is 10.2 Å². The predicted molar refractivity (Wildman–Crippen MR) is 69.9 cm³/mol. The maximum absolute atomic E-state index is 11.7. The fourth-order valence-electron chi connectivity index (χ4n) is 1.62. The number of thioether (sulfide) groups is 1. The van der Waals surface area contributed by atoms with E-state index in [4.69, 9.17) is 0 Å². The van der Waals surface area contributed by atoms with Crippen LogP contribution in [0.15, 0.2) is 17.5 Å². The summed E-state index contributed by atoms with van der Waals surface area (Å²) < 4.78 is 0. The van der Waals surface area contributed by atoms with E-state index in [9.17, 15) is 4.79 Å². The van der Waals surface area contributed by atoms with Crippen molar-refractivity contribution in [3.05, 3.63) is 22.4 Å². The van der Waals surface area contributed by atoms with Gasteiger partial charge in [-0.25, -0.2) is 0 Å². The van der Waals surface area contributed by atoms with Crippen molar-refractivity contribution in [2.24, 2.45) is 0 Å². The number of hydrogen-bond donors (Lipinski definition) is 1. The number of carbonyl (C=O) groups is 1. The van der Waals surface area contributed by atoms with Crippen LogP contribution in [0.2, 0.25) is 0 Å². The molecule has 1 fully saturated rings. The topological polar surface area (TPSA) is 32.3 Å². The average molecular weight is 256 g/mol. The molecule has 0 unspecified atom stereocenters. The van der Waals surface area contributed by atoms with E-state index in [1.807, 2.05) is 29.3 Å². The Bertz CT molecular complexity index is 321. The summed E-state index contributed by atoms with van der Waals surface area (Å²) in [5, 5.41) is 4.99. The largest absolute Gasteiger partial charge is 0.350 e. The van der Waals surface area contributed by atoms with Crippen LogP contribution in [0.5, 0.6) is 0 Å². The first-order valence-electron chi connectivity index (χ1n) is 5.44. The van der Waals surface area contributed by atoms with Crippen LogP contribution in [-0.2, 0) is 11.3 Å². The highest BCUT2D eigenvalue weighted by Gasteiger charge is 2.13. The zero-order chi connectivity index (χ0) is 11.2. The van der Waals surface area contributed by atoms with Gasteiger partial charge in [0.1, 0.15) is 0 Å². The molecule has 0 aromatic carbocycles. The van der Waals surface area contributed by atoms with Gasteiger partial charge in [0.2, 0.25) is 5.91 Å². The number of nitrogens with one attached hydrogen (secondary N) is 1. The molecule has 0 atom stereocenters. The number of hydrogen-bond acceptors (Lipinski definition) is 4. The number of amides is 1. The van der Waals surface area contributed by atoms with Crippen molar-refractivity contribution in [2.75, 3.05) is 31.1 Å². The summed E-state index contributed by atoms with van der Waals surface area (Å²) in [6, 6.07) is 4.05. The lowest BCUT2D eigenvalue weighted by atomic mass is 10.4. The Morgan fingerprint density at radius 2 is 2.25 bits per heavy atom. The van der Waals surface area contributed by atoms with Crippen LogP contribution < -0.4 is 5.32 Å². The smallest absolute Gasteiger partial charge is 0.234 e. The Morgan fingerprint density at radius 1 is 1.44 bits per heavy atom. The molecule has 1 amide bonds. The molecule has 0 saturated carbocycles. The van der Waals surface area contributed by atoms with Gasteiger partial charge < -0.3 is 5.32 Å². The molecule has 2 rings (SSSR count). The van der Waals surface area contributed by atoms with Gasteiger partial charge in [0.15, 0.2) is 0 Å². The lowest BCUT2D eigenvalue weighted by Gasteiger charge is -2.25. The molecule has 5 heteroatoms. The molecule has 1 saturated heterocycles. The summed E-state index contributed by atoms with van der Waals surface area (Å²) in [6.07, 6.45) is 0. The lowest BCUT2D eigenvalue weighted by molar-refractivity contribution is -0.122. The van der Waals surface area contributed by atoms with Crippen molar-refractivity contribution in [3.63, 3.8) is 0 Å². The Balaban J connectivity index is 1.67. The van der Waals surface area contributed by atoms with E-state index in [2.05, 4.69) is 10.2 Å². The molecule has 0 aliphatic carbocycles. The van der Waals surface area contributed by atoms with Crippen LogP contribution in [0.1, 0.15) is 4.88 Å². The first kappa shape index (κ1) is 12.0. The minimum atomic E-state index is 0.139. The number of carbonyl (C=O) groups excluding carboxylic acids is 1. The Kier molecular flexibility index (Phi) is 4.69. The highest BCUT2D eigenvalue weighted by Crippen LogP contribution is 2.09. The molecular weight excluding hydrogens is 240 g/mol. The third-order valence-corrected chi connectivity index (χ3v) is 4.33. The Morgan fingerprint density at radius 3 is 2.94 bits per heavy atom. The Labute approximate surface area is 104 Å². The zero-order valence-electron chi connectivity index (χ0n) is 9.15. The molecular formula is C11H16N2OS2. The minimum absolute atomic E-state index is 0.139. The van der Waals surface area contributed by atoms with Crippen molar-refractivity contribution in [1.29, 1.82) is 0 Å². The fourth-order valence-corrected chi connectivity index (χ4v) is 3.24. The van der Waals surface area contributed by atoms with Gasteiger partial charge in [0.25, 0.3) is 0 Å². The molecule has 2 heterocycles. The van der Waals surface area contributed by atoms with Gasteiger partial charge in [0, 0.05) is 29.5 Å². The van der Waals surface area contributed by atoms with Crippen molar-refractivity contribution < 1.29 is 4.79 Å². The van der Waals surface area contributed by atoms with Gasteiger partial charge in [-0.1, -0.05) is 6.07 Å². The summed E-state index contributed by atoms with van der Waals surface area (Å²) in [5.74, 6) is 2.44. The van der Waals surface area contributed by atoms with Crippen LogP contribution >= 0.6 is 23.1 Å². The zero-order valence-corrected chi connectivity index (χ0v) is 10.8. The maximum Gasteiger partial charge on any atom is 0.234 e. The van der Waals surface area contributed by atoms with Crippen molar-refractivity contribution in [3.8, 4) is 0 Å². The van der Waals surface area contributed by atoms with E-state index in [0.29, 0.717) is 13.1 Å². The minimum Gasteiger partial charge on any atom is -0.350 e. The molecule has 1 aliphatic heterocycles. The average Bonchev–Trinajstić information content (AvgIpc) is 2.81. The van der Waals surface area contributed by atoms with Gasteiger partial charge >= 0.3 is 0 Å². The second-order valence-electron chi connectivity index (χ2n) is 3.74. The molecule has 88 valence electrons. The fraction of sp³-hybridized carbons (Fsp3) is 0.545. The second-order valence-corrected chi connectivity index (χ2v) is 6.00. The van der Waals surface area contributed by atoms with Gasteiger partial charge in [-0.15, -0.1) is 11.3 Å². The van der Waals surface area contributed by atoms with E-state index in [0.717, 1.165) is 24.6 Å². The van der Waals surface area contributed by atoms with E-state index in [1.54, 1.807) is 11.3 Å². The molecule has 1 N–H and O–H groups in total. The van der Waals surface area contributed by atoms with Gasteiger partial charge in [0.05, 0.1) is 13.1 Å². The summed E-state index contributed by atoms with van der Waals surface area (Å²) in [6.45, 7) is 3.29. The lowest BCUT2D eigenvalue weighted by Crippen LogP contribution is -2.41. The second kappa shape index (κ2) is 6.27. The van der Waals surface area contributed by atoms with Crippen LogP contribution in [-0.4, -0.2) is 41.9 Å². The summed E-state index contributed by atoms with van der Waals surface area (Å²) in [7, 11) is 0. The monoisotopic (exact) mass is 256 g/mol. The quantitative estimate of drug-likeness (QED) is 0.884. The van der Waals surface area contributed by atoms with Gasteiger partial charge in [-0.05, 0) is 11.4 Å².